The Labute approximate surface area is 82.8 Å². The first-order valence-electron chi connectivity index (χ1n) is 4.47. The zero-order valence-electron chi connectivity index (χ0n) is 8.63. The van der Waals surface area contributed by atoms with Crippen LogP contribution >= 0.6 is 0 Å². The van der Waals surface area contributed by atoms with Crippen LogP contribution < -0.4 is 5.32 Å². The molecular formula is C9H15N3O2. The third-order valence-electron chi connectivity index (χ3n) is 2.36. The van der Waals surface area contributed by atoms with Gasteiger partial charge in [-0.05, 0) is 13.3 Å². The van der Waals surface area contributed by atoms with E-state index in [0.29, 0.717) is 12.1 Å². The molecule has 0 aromatic carbocycles. The first kappa shape index (κ1) is 10.7. The summed E-state index contributed by atoms with van der Waals surface area (Å²) >= 11 is 0. The lowest BCUT2D eigenvalue weighted by Crippen LogP contribution is -2.41. The SMILES string of the molecule is CCC(C)(OC)C(=O)Nc1cn[nH]c1. The fourth-order valence-corrected chi connectivity index (χ4v) is 0.980. The molecule has 0 aliphatic carbocycles. The minimum absolute atomic E-state index is 0.163. The molecule has 2 N–H and O–H groups in total. The van der Waals surface area contributed by atoms with Gasteiger partial charge in [0.1, 0.15) is 5.60 Å². The van der Waals surface area contributed by atoms with E-state index in [4.69, 9.17) is 4.74 Å². The van der Waals surface area contributed by atoms with Crippen molar-refractivity contribution < 1.29 is 9.53 Å². The molecule has 0 bridgehead atoms. The second-order valence-electron chi connectivity index (χ2n) is 3.23. The Bertz CT molecular complexity index is 291. The molecule has 78 valence electrons. The third kappa shape index (κ3) is 2.11. The number of methoxy groups -OCH3 is 1. The Morgan fingerprint density at radius 2 is 2.50 bits per heavy atom. The Morgan fingerprint density at radius 3 is 2.93 bits per heavy atom. The number of amides is 1. The number of carbonyl (C=O) groups is 1. The van der Waals surface area contributed by atoms with Gasteiger partial charge in [0.25, 0.3) is 5.91 Å². The number of carbonyl (C=O) groups excluding carboxylic acids is 1. The fraction of sp³-hybridized carbons (Fsp3) is 0.556. The van der Waals surface area contributed by atoms with Crippen molar-refractivity contribution in [1.82, 2.24) is 10.2 Å². The molecule has 0 saturated carbocycles. The molecule has 5 heteroatoms. The summed E-state index contributed by atoms with van der Waals surface area (Å²) < 4.78 is 5.15. The molecule has 0 aliphatic rings. The molecule has 0 radical (unpaired) electrons. The maximum atomic E-state index is 11.7. The quantitative estimate of drug-likeness (QED) is 0.761. The summed E-state index contributed by atoms with van der Waals surface area (Å²) in [4.78, 5) is 11.7. The molecule has 1 unspecified atom stereocenters. The van der Waals surface area contributed by atoms with E-state index >= 15 is 0 Å². The van der Waals surface area contributed by atoms with Crippen LogP contribution in [0.15, 0.2) is 12.4 Å². The summed E-state index contributed by atoms with van der Waals surface area (Å²) in [5.41, 5.74) is -0.135. The van der Waals surface area contributed by atoms with Gasteiger partial charge >= 0.3 is 0 Å². The summed E-state index contributed by atoms with van der Waals surface area (Å²) in [7, 11) is 1.53. The monoisotopic (exact) mass is 197 g/mol. The summed E-state index contributed by atoms with van der Waals surface area (Å²) in [6.07, 6.45) is 3.78. The largest absolute Gasteiger partial charge is 0.369 e. The molecule has 1 aromatic rings. The third-order valence-corrected chi connectivity index (χ3v) is 2.36. The number of nitrogens with zero attached hydrogens (tertiary/aromatic N) is 1. The number of aromatic amines is 1. The molecule has 0 fully saturated rings. The zero-order valence-corrected chi connectivity index (χ0v) is 8.63. The van der Waals surface area contributed by atoms with Crippen LogP contribution in [0.5, 0.6) is 0 Å². The van der Waals surface area contributed by atoms with Crippen molar-refractivity contribution in [2.24, 2.45) is 0 Å². The van der Waals surface area contributed by atoms with Gasteiger partial charge in [-0.3, -0.25) is 9.89 Å². The molecule has 1 heterocycles. The summed E-state index contributed by atoms with van der Waals surface area (Å²) in [5, 5.41) is 9.05. The number of hydrogen-bond acceptors (Lipinski definition) is 3. The lowest BCUT2D eigenvalue weighted by atomic mass is 10.0. The van der Waals surface area contributed by atoms with Gasteiger partial charge in [-0.25, -0.2) is 0 Å². The van der Waals surface area contributed by atoms with Crippen molar-refractivity contribution in [3.63, 3.8) is 0 Å². The van der Waals surface area contributed by atoms with Gasteiger partial charge in [-0.2, -0.15) is 5.10 Å². The van der Waals surface area contributed by atoms with Crippen molar-refractivity contribution in [3.8, 4) is 0 Å². The highest BCUT2D eigenvalue weighted by molar-refractivity contribution is 5.96. The van der Waals surface area contributed by atoms with E-state index in [0.717, 1.165) is 0 Å². The first-order valence-corrected chi connectivity index (χ1v) is 4.47. The predicted octanol–water partition coefficient (Wildman–Crippen LogP) is 1.16. The minimum Gasteiger partial charge on any atom is -0.369 e. The van der Waals surface area contributed by atoms with E-state index in [2.05, 4.69) is 15.5 Å². The Morgan fingerprint density at radius 1 is 1.79 bits per heavy atom. The van der Waals surface area contributed by atoms with E-state index in [1.54, 1.807) is 19.3 Å². The van der Waals surface area contributed by atoms with Crippen LogP contribution in [0.2, 0.25) is 0 Å². The van der Waals surface area contributed by atoms with Crippen molar-refractivity contribution in [2.75, 3.05) is 12.4 Å². The lowest BCUT2D eigenvalue weighted by Gasteiger charge is -2.24. The standard InChI is InChI=1S/C9H15N3O2/c1-4-9(2,14-3)8(13)12-7-5-10-11-6-7/h5-6H,4H2,1-3H3,(H,10,11)(H,12,13). The Balaban J connectivity index is 2.66. The predicted molar refractivity (Wildman–Crippen MR) is 52.9 cm³/mol. The van der Waals surface area contributed by atoms with Crippen LogP contribution in [0.3, 0.4) is 0 Å². The van der Waals surface area contributed by atoms with Crippen LogP contribution in [0.1, 0.15) is 20.3 Å². The van der Waals surface area contributed by atoms with E-state index < -0.39 is 5.60 Å². The van der Waals surface area contributed by atoms with Crippen LogP contribution in [0.25, 0.3) is 0 Å². The van der Waals surface area contributed by atoms with Gasteiger partial charge in [-0.15, -0.1) is 0 Å². The molecule has 14 heavy (non-hydrogen) atoms. The average molecular weight is 197 g/mol. The number of aromatic nitrogens is 2. The Kier molecular flexibility index (Phi) is 3.24. The number of ether oxygens (including phenoxy) is 1. The fourth-order valence-electron chi connectivity index (χ4n) is 0.980. The van der Waals surface area contributed by atoms with E-state index in [1.165, 1.54) is 7.11 Å². The second kappa shape index (κ2) is 4.23. The van der Waals surface area contributed by atoms with Gasteiger partial charge in [0.15, 0.2) is 0 Å². The molecule has 1 amide bonds. The first-order chi connectivity index (χ1) is 6.62. The molecule has 0 saturated heterocycles. The van der Waals surface area contributed by atoms with Crippen LogP contribution in [0.4, 0.5) is 5.69 Å². The normalized spacial score (nSPS) is 14.8. The lowest BCUT2D eigenvalue weighted by molar-refractivity contribution is -0.136. The minimum atomic E-state index is -0.780. The summed E-state index contributed by atoms with van der Waals surface area (Å²) in [6, 6.07) is 0. The number of rotatable bonds is 4. The molecule has 0 spiro atoms. The topological polar surface area (TPSA) is 67.0 Å². The van der Waals surface area contributed by atoms with Crippen molar-refractivity contribution in [1.29, 1.82) is 0 Å². The number of anilines is 1. The van der Waals surface area contributed by atoms with Gasteiger partial charge in [-0.1, -0.05) is 6.92 Å². The molecule has 5 nitrogen and oxygen atoms in total. The number of H-pyrrole nitrogens is 1. The summed E-state index contributed by atoms with van der Waals surface area (Å²) in [5.74, 6) is -0.163. The Hall–Kier alpha value is -1.36. The molecule has 1 atom stereocenters. The van der Waals surface area contributed by atoms with Gasteiger partial charge in [0.2, 0.25) is 0 Å². The van der Waals surface area contributed by atoms with E-state index in [1.807, 2.05) is 6.92 Å². The second-order valence-corrected chi connectivity index (χ2v) is 3.23. The van der Waals surface area contributed by atoms with Crippen molar-refractivity contribution >= 4 is 11.6 Å². The van der Waals surface area contributed by atoms with E-state index in [-0.39, 0.29) is 5.91 Å². The highest BCUT2D eigenvalue weighted by atomic mass is 16.5. The highest BCUT2D eigenvalue weighted by Crippen LogP contribution is 2.16. The maximum absolute atomic E-state index is 11.7. The van der Waals surface area contributed by atoms with Gasteiger partial charge in [0.05, 0.1) is 11.9 Å². The zero-order chi connectivity index (χ0) is 10.6. The molecular weight excluding hydrogens is 182 g/mol. The molecule has 1 rings (SSSR count). The highest BCUT2D eigenvalue weighted by Gasteiger charge is 2.30. The average Bonchev–Trinajstić information content (AvgIpc) is 2.69. The van der Waals surface area contributed by atoms with Crippen LogP contribution in [-0.2, 0) is 9.53 Å². The van der Waals surface area contributed by atoms with E-state index in [9.17, 15) is 4.79 Å². The van der Waals surface area contributed by atoms with Crippen molar-refractivity contribution in [3.05, 3.63) is 12.4 Å². The summed E-state index contributed by atoms with van der Waals surface area (Å²) in [6.45, 7) is 3.65. The smallest absolute Gasteiger partial charge is 0.256 e. The number of nitrogens with one attached hydrogen (secondary N) is 2. The van der Waals surface area contributed by atoms with Gasteiger partial charge < -0.3 is 10.1 Å². The van der Waals surface area contributed by atoms with Crippen LogP contribution in [0, 0.1) is 0 Å². The van der Waals surface area contributed by atoms with Crippen LogP contribution in [-0.4, -0.2) is 28.8 Å². The van der Waals surface area contributed by atoms with Crippen molar-refractivity contribution in [2.45, 2.75) is 25.9 Å². The molecule has 1 aromatic heterocycles. The molecule has 0 aliphatic heterocycles. The van der Waals surface area contributed by atoms with Gasteiger partial charge in [0, 0.05) is 13.3 Å². The number of hydrogen-bond donors (Lipinski definition) is 2. The maximum Gasteiger partial charge on any atom is 0.256 e.